The molecule has 1 fully saturated rings. The molecular weight excluding hydrogens is 398 g/mol. The lowest BCUT2D eigenvalue weighted by atomic mass is 10.1. The number of rotatable bonds is 8. The van der Waals surface area contributed by atoms with Crippen molar-refractivity contribution in [2.75, 3.05) is 13.2 Å². The van der Waals surface area contributed by atoms with E-state index in [9.17, 15) is 9.59 Å². The molecule has 0 saturated carbocycles. The molecule has 0 bridgehead atoms. The summed E-state index contributed by atoms with van der Waals surface area (Å²) in [6, 6.07) is 3.91. The smallest absolute Gasteiger partial charge is 0.303 e. The molecule has 28 heavy (non-hydrogen) atoms. The standard InChI is InChI=1S/C20H23NO5S2/c1-3-25-15-9-13-8-12(2)26-16(13)10-14(15)11-17-19(24)21(20(27)28-17)7-5-4-6-18(22)23/h9-12H,3-8H2,1-2H3,(H,22,23)/b17-11-/t12-/m0/s1. The van der Waals surface area contributed by atoms with Gasteiger partial charge in [-0.1, -0.05) is 24.0 Å². The van der Waals surface area contributed by atoms with E-state index in [-0.39, 0.29) is 18.4 Å². The highest BCUT2D eigenvalue weighted by atomic mass is 32.2. The number of carbonyl (C=O) groups excluding carboxylic acids is 1. The molecule has 1 aromatic carbocycles. The lowest BCUT2D eigenvalue weighted by molar-refractivity contribution is -0.137. The number of benzene rings is 1. The molecule has 2 heterocycles. The van der Waals surface area contributed by atoms with Crippen molar-refractivity contribution in [2.45, 2.75) is 45.6 Å². The number of unbranched alkanes of at least 4 members (excludes halogenated alkanes) is 1. The monoisotopic (exact) mass is 421 g/mol. The van der Waals surface area contributed by atoms with Crippen molar-refractivity contribution in [3.05, 3.63) is 28.2 Å². The van der Waals surface area contributed by atoms with Gasteiger partial charge < -0.3 is 14.6 Å². The number of thioether (sulfide) groups is 1. The first-order valence-electron chi connectivity index (χ1n) is 9.32. The molecule has 1 amide bonds. The van der Waals surface area contributed by atoms with Crippen LogP contribution in [0.15, 0.2) is 17.0 Å². The van der Waals surface area contributed by atoms with E-state index in [2.05, 4.69) is 0 Å². The van der Waals surface area contributed by atoms with Crippen LogP contribution in [0.5, 0.6) is 11.5 Å². The molecular formula is C20H23NO5S2. The quantitative estimate of drug-likeness (QED) is 0.388. The number of carboxylic acids is 1. The molecule has 2 aliphatic rings. The number of thiocarbonyl (C=S) groups is 1. The van der Waals surface area contributed by atoms with Crippen LogP contribution in [0.3, 0.4) is 0 Å². The zero-order chi connectivity index (χ0) is 20.3. The van der Waals surface area contributed by atoms with E-state index < -0.39 is 5.97 Å². The summed E-state index contributed by atoms with van der Waals surface area (Å²) in [6.45, 7) is 4.90. The zero-order valence-corrected chi connectivity index (χ0v) is 17.5. The molecule has 1 N–H and O–H groups in total. The Hall–Kier alpha value is -2.06. The topological polar surface area (TPSA) is 76.1 Å². The maximum atomic E-state index is 12.8. The lowest BCUT2D eigenvalue weighted by Crippen LogP contribution is -2.29. The SMILES string of the molecule is CCOc1cc2c(cc1/C=C1\SC(=S)N(CCCCC(=O)O)C1=O)O[C@@H](C)C2. The Morgan fingerprint density at radius 2 is 2.25 bits per heavy atom. The molecule has 1 atom stereocenters. The second kappa shape index (κ2) is 8.96. The van der Waals surface area contributed by atoms with Gasteiger partial charge in [0.1, 0.15) is 21.9 Å². The summed E-state index contributed by atoms with van der Waals surface area (Å²) in [6.07, 6.45) is 3.97. The molecule has 1 saturated heterocycles. The van der Waals surface area contributed by atoms with Crippen molar-refractivity contribution < 1.29 is 24.2 Å². The van der Waals surface area contributed by atoms with E-state index in [4.69, 9.17) is 26.8 Å². The Kier molecular flexibility index (Phi) is 6.61. The van der Waals surface area contributed by atoms with E-state index >= 15 is 0 Å². The van der Waals surface area contributed by atoms with Crippen LogP contribution in [-0.2, 0) is 16.0 Å². The van der Waals surface area contributed by atoms with Crippen molar-refractivity contribution in [3.63, 3.8) is 0 Å². The third kappa shape index (κ3) is 4.67. The van der Waals surface area contributed by atoms with Gasteiger partial charge in [0.2, 0.25) is 0 Å². The van der Waals surface area contributed by atoms with Gasteiger partial charge in [-0.25, -0.2) is 0 Å². The van der Waals surface area contributed by atoms with Gasteiger partial charge in [0.05, 0.1) is 11.5 Å². The number of aliphatic carboxylic acids is 1. The molecule has 0 aromatic heterocycles. The molecule has 2 aliphatic heterocycles. The number of hydrogen-bond donors (Lipinski definition) is 1. The molecule has 0 spiro atoms. The average molecular weight is 422 g/mol. The van der Waals surface area contributed by atoms with Gasteiger partial charge in [-0.2, -0.15) is 0 Å². The largest absolute Gasteiger partial charge is 0.493 e. The molecule has 8 heteroatoms. The summed E-state index contributed by atoms with van der Waals surface area (Å²) in [5.74, 6) is 0.571. The minimum Gasteiger partial charge on any atom is -0.493 e. The van der Waals surface area contributed by atoms with Crippen LogP contribution in [0.1, 0.15) is 44.2 Å². The Labute approximate surface area is 173 Å². The predicted molar refractivity (Wildman–Crippen MR) is 113 cm³/mol. The van der Waals surface area contributed by atoms with E-state index in [0.29, 0.717) is 35.2 Å². The molecule has 0 aliphatic carbocycles. The number of nitrogens with zero attached hydrogens (tertiary/aromatic N) is 1. The van der Waals surface area contributed by atoms with Crippen molar-refractivity contribution >= 4 is 46.3 Å². The van der Waals surface area contributed by atoms with Crippen molar-refractivity contribution in [3.8, 4) is 11.5 Å². The second-order valence-corrected chi connectivity index (χ2v) is 8.42. The van der Waals surface area contributed by atoms with Crippen LogP contribution in [0, 0.1) is 0 Å². The number of ether oxygens (including phenoxy) is 2. The Balaban J connectivity index is 1.78. The van der Waals surface area contributed by atoms with E-state index in [1.807, 2.05) is 26.0 Å². The van der Waals surface area contributed by atoms with Crippen LogP contribution >= 0.6 is 24.0 Å². The van der Waals surface area contributed by atoms with Gasteiger partial charge in [0, 0.05) is 30.5 Å². The number of carboxylic acid groups (broad SMARTS) is 1. The normalized spacial score (nSPS) is 19.9. The predicted octanol–water partition coefficient (Wildman–Crippen LogP) is 3.86. The second-order valence-electron chi connectivity index (χ2n) is 6.75. The minimum atomic E-state index is -0.832. The third-order valence-electron chi connectivity index (χ3n) is 4.51. The van der Waals surface area contributed by atoms with Crippen molar-refractivity contribution in [1.29, 1.82) is 0 Å². The average Bonchev–Trinajstić information content (AvgIpc) is 3.11. The first kappa shape index (κ1) is 20.7. The van der Waals surface area contributed by atoms with Crippen molar-refractivity contribution in [2.24, 2.45) is 0 Å². The zero-order valence-electron chi connectivity index (χ0n) is 15.9. The highest BCUT2D eigenvalue weighted by molar-refractivity contribution is 8.26. The van der Waals surface area contributed by atoms with Gasteiger partial charge >= 0.3 is 5.97 Å². The third-order valence-corrected chi connectivity index (χ3v) is 5.89. The first-order valence-corrected chi connectivity index (χ1v) is 10.5. The Bertz CT molecular complexity index is 836. The number of fused-ring (bicyclic) bond motifs is 1. The molecule has 1 aromatic rings. The van der Waals surface area contributed by atoms with E-state index in [0.717, 1.165) is 29.0 Å². The first-order chi connectivity index (χ1) is 13.4. The van der Waals surface area contributed by atoms with Gasteiger partial charge in [-0.3, -0.25) is 14.5 Å². The Morgan fingerprint density at radius 1 is 1.46 bits per heavy atom. The molecule has 0 unspecified atom stereocenters. The number of carbonyl (C=O) groups is 2. The van der Waals surface area contributed by atoms with Crippen LogP contribution in [-0.4, -0.2) is 45.5 Å². The number of hydrogen-bond acceptors (Lipinski definition) is 6. The van der Waals surface area contributed by atoms with Gasteiger partial charge in [-0.15, -0.1) is 0 Å². The van der Waals surface area contributed by atoms with Gasteiger partial charge in [0.25, 0.3) is 5.91 Å². The fraction of sp³-hybridized carbons (Fsp3) is 0.450. The fourth-order valence-electron chi connectivity index (χ4n) is 3.23. The van der Waals surface area contributed by atoms with Crippen LogP contribution in [0.25, 0.3) is 6.08 Å². The summed E-state index contributed by atoms with van der Waals surface area (Å²) in [5, 5.41) is 8.73. The van der Waals surface area contributed by atoms with Crippen LogP contribution < -0.4 is 9.47 Å². The van der Waals surface area contributed by atoms with Gasteiger partial charge in [0.15, 0.2) is 0 Å². The summed E-state index contributed by atoms with van der Waals surface area (Å²) in [5.41, 5.74) is 1.90. The minimum absolute atomic E-state index is 0.0932. The molecule has 150 valence electrons. The molecule has 3 rings (SSSR count). The van der Waals surface area contributed by atoms with Crippen molar-refractivity contribution in [1.82, 2.24) is 4.90 Å². The van der Waals surface area contributed by atoms with E-state index in [1.54, 1.807) is 11.0 Å². The maximum absolute atomic E-state index is 12.8. The highest BCUT2D eigenvalue weighted by Crippen LogP contribution is 2.39. The summed E-state index contributed by atoms with van der Waals surface area (Å²) >= 11 is 6.60. The fourth-order valence-corrected chi connectivity index (χ4v) is 4.53. The number of amides is 1. The lowest BCUT2D eigenvalue weighted by Gasteiger charge is -2.13. The maximum Gasteiger partial charge on any atom is 0.303 e. The van der Waals surface area contributed by atoms with Crippen LogP contribution in [0.4, 0.5) is 0 Å². The summed E-state index contributed by atoms with van der Waals surface area (Å²) in [4.78, 5) is 25.5. The van der Waals surface area contributed by atoms with Crippen LogP contribution in [0.2, 0.25) is 0 Å². The molecule has 6 nitrogen and oxygen atoms in total. The Morgan fingerprint density at radius 3 is 2.96 bits per heavy atom. The summed E-state index contributed by atoms with van der Waals surface area (Å²) in [7, 11) is 0. The summed E-state index contributed by atoms with van der Waals surface area (Å²) < 4.78 is 12.1. The van der Waals surface area contributed by atoms with E-state index in [1.165, 1.54) is 11.8 Å². The van der Waals surface area contributed by atoms with Gasteiger partial charge in [-0.05, 0) is 44.9 Å². The highest BCUT2D eigenvalue weighted by Gasteiger charge is 2.32. The molecule has 0 radical (unpaired) electrons.